The fourth-order valence-corrected chi connectivity index (χ4v) is 5.90. The SMILES string of the molecule is CC(=O)NC(Cc1cccs1)C(=O)N1CCC2(CCN(C(=O)CCCOc3ccccc3)CC2)C1. The van der Waals surface area contributed by atoms with Gasteiger partial charge in [0, 0.05) is 50.8 Å². The Labute approximate surface area is 211 Å². The first-order valence-corrected chi connectivity index (χ1v) is 13.4. The van der Waals surface area contributed by atoms with Crippen molar-refractivity contribution in [3.8, 4) is 5.75 Å². The van der Waals surface area contributed by atoms with Crippen LogP contribution in [0.1, 0.15) is 43.9 Å². The van der Waals surface area contributed by atoms with E-state index in [0.717, 1.165) is 43.0 Å². The monoisotopic (exact) mass is 497 g/mol. The summed E-state index contributed by atoms with van der Waals surface area (Å²) < 4.78 is 5.70. The lowest BCUT2D eigenvalue weighted by Gasteiger charge is -2.39. The molecular formula is C27H35N3O4S. The van der Waals surface area contributed by atoms with Crippen molar-refractivity contribution >= 4 is 29.1 Å². The summed E-state index contributed by atoms with van der Waals surface area (Å²) in [4.78, 5) is 42.7. The second kappa shape index (κ2) is 11.7. The Morgan fingerprint density at radius 3 is 2.40 bits per heavy atom. The van der Waals surface area contributed by atoms with Gasteiger partial charge in [0.2, 0.25) is 17.7 Å². The molecule has 0 bridgehead atoms. The molecule has 0 radical (unpaired) electrons. The maximum absolute atomic E-state index is 13.3. The minimum atomic E-state index is -0.527. The summed E-state index contributed by atoms with van der Waals surface area (Å²) in [5, 5.41) is 4.84. The van der Waals surface area contributed by atoms with Crippen molar-refractivity contribution in [2.75, 3.05) is 32.8 Å². The number of rotatable bonds is 9. The average molecular weight is 498 g/mol. The Balaban J connectivity index is 1.22. The van der Waals surface area contributed by atoms with Gasteiger partial charge in [-0.2, -0.15) is 0 Å². The van der Waals surface area contributed by atoms with Crippen molar-refractivity contribution in [2.24, 2.45) is 5.41 Å². The predicted molar refractivity (Wildman–Crippen MR) is 136 cm³/mol. The van der Waals surface area contributed by atoms with E-state index in [9.17, 15) is 14.4 Å². The molecule has 188 valence electrons. The fourth-order valence-electron chi connectivity index (χ4n) is 5.15. The van der Waals surface area contributed by atoms with Gasteiger partial charge in [-0.3, -0.25) is 14.4 Å². The van der Waals surface area contributed by atoms with Crippen LogP contribution in [0, 0.1) is 5.41 Å². The van der Waals surface area contributed by atoms with Gasteiger partial charge in [-0.1, -0.05) is 24.3 Å². The quantitative estimate of drug-likeness (QED) is 0.538. The molecule has 8 heteroatoms. The lowest BCUT2D eigenvalue weighted by molar-refractivity contribution is -0.136. The Kier molecular flexibility index (Phi) is 8.44. The normalized spacial score (nSPS) is 17.9. The zero-order valence-corrected chi connectivity index (χ0v) is 21.2. The van der Waals surface area contributed by atoms with E-state index in [1.54, 1.807) is 11.3 Å². The molecule has 1 atom stereocenters. The van der Waals surface area contributed by atoms with Crippen LogP contribution >= 0.6 is 11.3 Å². The van der Waals surface area contributed by atoms with E-state index < -0.39 is 6.04 Å². The molecule has 2 aliphatic rings. The van der Waals surface area contributed by atoms with Crippen LogP contribution in [-0.2, 0) is 20.8 Å². The lowest BCUT2D eigenvalue weighted by Crippen LogP contribution is -2.50. The average Bonchev–Trinajstić information content (AvgIpc) is 3.52. The summed E-state index contributed by atoms with van der Waals surface area (Å²) in [6.45, 7) is 4.89. The molecule has 0 aliphatic carbocycles. The molecule has 1 spiro atoms. The molecule has 4 rings (SSSR count). The smallest absolute Gasteiger partial charge is 0.245 e. The van der Waals surface area contributed by atoms with Crippen LogP contribution in [-0.4, -0.2) is 66.3 Å². The topological polar surface area (TPSA) is 79.0 Å². The number of thiophene rings is 1. The van der Waals surface area contributed by atoms with Crippen LogP contribution < -0.4 is 10.1 Å². The van der Waals surface area contributed by atoms with Gasteiger partial charge in [-0.15, -0.1) is 11.3 Å². The number of para-hydroxylation sites is 1. The highest BCUT2D eigenvalue weighted by atomic mass is 32.1. The number of nitrogens with zero attached hydrogens (tertiary/aromatic N) is 2. The number of hydrogen-bond donors (Lipinski definition) is 1. The Bertz CT molecular complexity index is 987. The molecule has 35 heavy (non-hydrogen) atoms. The standard InChI is InChI=1S/C27H35N3O4S/c1-21(31)28-24(19-23-9-6-18-35-23)26(33)30-16-13-27(20-30)11-14-29(15-12-27)25(32)10-5-17-34-22-7-3-2-4-8-22/h2-4,6-9,18,24H,5,10-17,19-20H2,1H3,(H,28,31). The summed E-state index contributed by atoms with van der Waals surface area (Å²) in [6.07, 6.45) is 4.50. The third-order valence-electron chi connectivity index (χ3n) is 7.13. The van der Waals surface area contributed by atoms with E-state index >= 15 is 0 Å². The van der Waals surface area contributed by atoms with E-state index in [1.165, 1.54) is 6.92 Å². The van der Waals surface area contributed by atoms with Crippen LogP contribution in [0.5, 0.6) is 5.75 Å². The summed E-state index contributed by atoms with van der Waals surface area (Å²) in [6, 6.07) is 13.1. The number of carbonyl (C=O) groups excluding carboxylic acids is 3. The highest BCUT2D eigenvalue weighted by Crippen LogP contribution is 2.40. The van der Waals surface area contributed by atoms with E-state index in [-0.39, 0.29) is 23.1 Å². The van der Waals surface area contributed by atoms with Gasteiger partial charge in [0.1, 0.15) is 11.8 Å². The van der Waals surface area contributed by atoms with Crippen molar-refractivity contribution in [2.45, 2.75) is 51.5 Å². The fraction of sp³-hybridized carbons (Fsp3) is 0.519. The van der Waals surface area contributed by atoms with Crippen LogP contribution in [0.2, 0.25) is 0 Å². The Hall–Kier alpha value is -2.87. The first kappa shape index (κ1) is 25.2. The summed E-state index contributed by atoms with van der Waals surface area (Å²) in [5.74, 6) is 0.831. The second-order valence-corrected chi connectivity index (χ2v) is 10.7. The van der Waals surface area contributed by atoms with E-state index in [2.05, 4.69) is 5.32 Å². The van der Waals surface area contributed by atoms with Crippen LogP contribution in [0.4, 0.5) is 0 Å². The lowest BCUT2D eigenvalue weighted by atomic mass is 9.77. The molecule has 2 fully saturated rings. The van der Waals surface area contributed by atoms with E-state index in [0.29, 0.717) is 39.0 Å². The van der Waals surface area contributed by atoms with E-state index in [1.807, 2.05) is 57.6 Å². The number of benzene rings is 1. The van der Waals surface area contributed by atoms with Crippen molar-refractivity contribution in [1.82, 2.24) is 15.1 Å². The minimum absolute atomic E-state index is 0.00222. The number of amides is 3. The van der Waals surface area contributed by atoms with Gasteiger partial charge < -0.3 is 19.9 Å². The summed E-state index contributed by atoms with van der Waals surface area (Å²) in [7, 11) is 0. The Morgan fingerprint density at radius 1 is 1.03 bits per heavy atom. The molecule has 0 saturated carbocycles. The van der Waals surface area contributed by atoms with Crippen molar-refractivity contribution in [3.63, 3.8) is 0 Å². The molecule has 2 saturated heterocycles. The molecule has 3 amide bonds. The number of hydrogen-bond acceptors (Lipinski definition) is 5. The zero-order valence-electron chi connectivity index (χ0n) is 20.4. The number of piperidine rings is 1. The third kappa shape index (κ3) is 6.84. The first-order chi connectivity index (χ1) is 16.9. The molecule has 7 nitrogen and oxygen atoms in total. The van der Waals surface area contributed by atoms with Gasteiger partial charge in [-0.25, -0.2) is 0 Å². The Morgan fingerprint density at radius 2 is 1.74 bits per heavy atom. The molecule has 3 heterocycles. The minimum Gasteiger partial charge on any atom is -0.494 e. The number of carbonyl (C=O) groups is 3. The molecule has 1 N–H and O–H groups in total. The highest BCUT2D eigenvalue weighted by Gasteiger charge is 2.43. The third-order valence-corrected chi connectivity index (χ3v) is 8.03. The van der Waals surface area contributed by atoms with Crippen molar-refractivity contribution in [1.29, 1.82) is 0 Å². The molecule has 1 aromatic carbocycles. The summed E-state index contributed by atoms with van der Waals surface area (Å²) in [5.41, 5.74) is 0.0760. The first-order valence-electron chi connectivity index (χ1n) is 12.5. The van der Waals surface area contributed by atoms with Crippen LogP contribution in [0.25, 0.3) is 0 Å². The molecule has 2 aliphatic heterocycles. The maximum Gasteiger partial charge on any atom is 0.245 e. The maximum atomic E-state index is 13.3. The highest BCUT2D eigenvalue weighted by molar-refractivity contribution is 7.09. The number of likely N-dealkylation sites (tertiary alicyclic amines) is 2. The van der Waals surface area contributed by atoms with E-state index in [4.69, 9.17) is 4.74 Å². The zero-order chi connectivity index (χ0) is 24.7. The van der Waals surface area contributed by atoms with Gasteiger partial charge in [0.25, 0.3) is 0 Å². The molecule has 2 aromatic rings. The van der Waals surface area contributed by atoms with Crippen LogP contribution in [0.15, 0.2) is 47.8 Å². The van der Waals surface area contributed by atoms with Gasteiger partial charge in [0.05, 0.1) is 6.61 Å². The summed E-state index contributed by atoms with van der Waals surface area (Å²) >= 11 is 1.60. The van der Waals surface area contributed by atoms with Gasteiger partial charge in [-0.05, 0) is 54.7 Å². The molecule has 1 aromatic heterocycles. The molecular weight excluding hydrogens is 462 g/mol. The van der Waals surface area contributed by atoms with Crippen LogP contribution in [0.3, 0.4) is 0 Å². The predicted octanol–water partition coefficient (Wildman–Crippen LogP) is 3.50. The van der Waals surface area contributed by atoms with Gasteiger partial charge >= 0.3 is 0 Å². The number of ether oxygens (including phenoxy) is 1. The van der Waals surface area contributed by atoms with Crippen molar-refractivity contribution < 1.29 is 19.1 Å². The van der Waals surface area contributed by atoms with Crippen molar-refractivity contribution in [3.05, 3.63) is 52.7 Å². The van der Waals surface area contributed by atoms with Gasteiger partial charge in [0.15, 0.2) is 0 Å². The number of nitrogens with one attached hydrogen (secondary N) is 1. The molecule has 1 unspecified atom stereocenters. The second-order valence-electron chi connectivity index (χ2n) is 9.69. The largest absolute Gasteiger partial charge is 0.494 e.